The number of ether oxygens (including phenoxy) is 2. The minimum atomic E-state index is -0.252. The van der Waals surface area contributed by atoms with Crippen molar-refractivity contribution < 1.29 is 14.3 Å². The van der Waals surface area contributed by atoms with Gasteiger partial charge in [-0.3, -0.25) is 9.69 Å². The molecule has 2 heterocycles. The molecule has 8 heteroatoms. The van der Waals surface area contributed by atoms with E-state index in [0.717, 1.165) is 19.5 Å². The quantitative estimate of drug-likeness (QED) is 0.721. The number of halogens is 1. The van der Waals surface area contributed by atoms with Gasteiger partial charge in [-0.25, -0.2) is 0 Å². The monoisotopic (exact) mass is 406 g/mol. The molecule has 0 radical (unpaired) electrons. The number of benzene rings is 1. The molecule has 7 nitrogen and oxygen atoms in total. The van der Waals surface area contributed by atoms with Gasteiger partial charge in [0.15, 0.2) is 0 Å². The topological polar surface area (TPSA) is 81.7 Å². The van der Waals surface area contributed by atoms with Crippen molar-refractivity contribution in [3.63, 3.8) is 0 Å². The highest BCUT2D eigenvalue weighted by atomic mass is 35.5. The van der Waals surface area contributed by atoms with E-state index in [4.69, 9.17) is 26.8 Å². The summed E-state index contributed by atoms with van der Waals surface area (Å²) in [5.74, 6) is 0.143. The van der Waals surface area contributed by atoms with E-state index in [2.05, 4.69) is 34.1 Å². The van der Waals surface area contributed by atoms with Crippen molar-refractivity contribution in [3.8, 4) is 5.75 Å². The maximum atomic E-state index is 12.9. The molecular weight excluding hydrogens is 380 g/mol. The van der Waals surface area contributed by atoms with Crippen molar-refractivity contribution >= 4 is 23.2 Å². The number of nitrogens with zero attached hydrogens (tertiary/aromatic N) is 2. The van der Waals surface area contributed by atoms with Gasteiger partial charge in [-0.05, 0) is 31.5 Å². The van der Waals surface area contributed by atoms with Gasteiger partial charge in [-0.2, -0.15) is 0 Å². The Hall–Kier alpha value is -2.22. The first-order valence-corrected chi connectivity index (χ1v) is 9.65. The fourth-order valence-corrected chi connectivity index (χ4v) is 3.79. The standard InChI is InChI=1S/C20H27ClN4O3/c1-13(24-7-4-5-8-24)25-9-6-17(19(12-25)28-3)23-20(26)14-10-15(21)16(22)11-18(14)27-2/h4-5,7-8,10-11,13,17,19H,6,9,12,22H2,1-3H3,(H,23,26). The molecule has 152 valence electrons. The van der Waals surface area contributed by atoms with Gasteiger partial charge >= 0.3 is 0 Å². The molecule has 1 aromatic heterocycles. The largest absolute Gasteiger partial charge is 0.496 e. The molecule has 1 fully saturated rings. The second-order valence-corrected chi connectivity index (χ2v) is 7.38. The Balaban J connectivity index is 1.69. The van der Waals surface area contributed by atoms with E-state index >= 15 is 0 Å². The lowest BCUT2D eigenvalue weighted by Crippen LogP contribution is -2.55. The van der Waals surface area contributed by atoms with E-state index in [1.807, 2.05) is 12.1 Å². The molecule has 1 saturated heterocycles. The Labute approximate surface area is 170 Å². The smallest absolute Gasteiger partial charge is 0.255 e. The van der Waals surface area contributed by atoms with Crippen LogP contribution in [0.15, 0.2) is 36.7 Å². The second-order valence-electron chi connectivity index (χ2n) is 6.97. The summed E-state index contributed by atoms with van der Waals surface area (Å²) in [6.07, 6.45) is 4.99. The highest BCUT2D eigenvalue weighted by molar-refractivity contribution is 6.33. The number of anilines is 1. The summed E-state index contributed by atoms with van der Waals surface area (Å²) in [6, 6.07) is 7.03. The Kier molecular flexibility index (Phi) is 6.49. The molecule has 0 saturated carbocycles. The Morgan fingerprint density at radius 1 is 1.32 bits per heavy atom. The van der Waals surface area contributed by atoms with Crippen LogP contribution >= 0.6 is 11.6 Å². The molecule has 3 rings (SSSR count). The van der Waals surface area contributed by atoms with E-state index in [1.165, 1.54) is 13.2 Å². The van der Waals surface area contributed by atoms with Crippen LogP contribution in [0.1, 0.15) is 29.9 Å². The molecule has 0 aliphatic carbocycles. The van der Waals surface area contributed by atoms with Gasteiger partial charge in [0.2, 0.25) is 0 Å². The van der Waals surface area contributed by atoms with Crippen LogP contribution in [0.3, 0.4) is 0 Å². The third-order valence-electron chi connectivity index (χ3n) is 5.36. The predicted octanol–water partition coefficient (Wildman–Crippen LogP) is 2.77. The van der Waals surface area contributed by atoms with Crippen LogP contribution in [0.2, 0.25) is 5.02 Å². The number of nitrogens with one attached hydrogen (secondary N) is 1. The molecule has 0 spiro atoms. The molecule has 28 heavy (non-hydrogen) atoms. The van der Waals surface area contributed by atoms with Gasteiger partial charge in [0.25, 0.3) is 5.91 Å². The van der Waals surface area contributed by atoms with E-state index in [0.29, 0.717) is 22.0 Å². The van der Waals surface area contributed by atoms with Crippen molar-refractivity contribution in [3.05, 3.63) is 47.2 Å². The summed E-state index contributed by atoms with van der Waals surface area (Å²) in [5.41, 5.74) is 6.54. The first-order chi connectivity index (χ1) is 13.4. The fraction of sp³-hybridized carbons (Fsp3) is 0.450. The number of carbonyl (C=O) groups excluding carboxylic acids is 1. The maximum absolute atomic E-state index is 12.9. The average molecular weight is 407 g/mol. The summed E-state index contributed by atoms with van der Waals surface area (Å²) in [6.45, 7) is 3.73. The number of nitrogens with two attached hydrogens (primary N) is 1. The molecular formula is C20H27ClN4O3. The van der Waals surface area contributed by atoms with Gasteiger partial charge in [-0.1, -0.05) is 11.6 Å². The van der Waals surface area contributed by atoms with Crippen molar-refractivity contribution in [1.29, 1.82) is 0 Å². The minimum Gasteiger partial charge on any atom is -0.496 e. The Bertz CT molecular complexity index is 812. The van der Waals surface area contributed by atoms with Crippen molar-refractivity contribution in [2.45, 2.75) is 31.7 Å². The molecule has 3 atom stereocenters. The molecule has 2 aromatic rings. The number of hydrogen-bond donors (Lipinski definition) is 2. The number of nitrogen functional groups attached to an aromatic ring is 1. The molecule has 1 aliphatic heterocycles. The zero-order valence-electron chi connectivity index (χ0n) is 16.4. The zero-order chi connectivity index (χ0) is 20.3. The highest BCUT2D eigenvalue weighted by Gasteiger charge is 2.33. The van der Waals surface area contributed by atoms with Crippen molar-refractivity contribution in [2.24, 2.45) is 0 Å². The third-order valence-corrected chi connectivity index (χ3v) is 5.69. The number of likely N-dealkylation sites (tertiary alicyclic amines) is 1. The van der Waals surface area contributed by atoms with E-state index in [1.54, 1.807) is 13.2 Å². The number of rotatable bonds is 6. The number of piperidine rings is 1. The van der Waals surface area contributed by atoms with Crippen LogP contribution in [0.25, 0.3) is 0 Å². The summed E-state index contributed by atoms with van der Waals surface area (Å²) < 4.78 is 13.1. The maximum Gasteiger partial charge on any atom is 0.255 e. The van der Waals surface area contributed by atoms with Gasteiger partial charge in [0.1, 0.15) is 5.75 Å². The minimum absolute atomic E-state index is 0.105. The summed E-state index contributed by atoms with van der Waals surface area (Å²) >= 11 is 6.09. The van der Waals surface area contributed by atoms with Crippen LogP contribution in [0.5, 0.6) is 5.75 Å². The van der Waals surface area contributed by atoms with Gasteiger partial charge < -0.3 is 25.1 Å². The SMILES string of the molecule is COc1cc(N)c(Cl)cc1C(=O)NC1CCN(C(C)n2cccc2)CC1OC. The zero-order valence-corrected chi connectivity index (χ0v) is 17.1. The fourth-order valence-electron chi connectivity index (χ4n) is 3.63. The number of methoxy groups -OCH3 is 2. The Morgan fingerprint density at radius 3 is 2.68 bits per heavy atom. The first-order valence-electron chi connectivity index (χ1n) is 9.27. The molecule has 1 amide bonds. The normalized spacial score (nSPS) is 21.3. The number of aromatic nitrogens is 1. The van der Waals surface area contributed by atoms with Crippen LogP contribution in [-0.2, 0) is 4.74 Å². The van der Waals surface area contributed by atoms with Gasteiger partial charge in [0.05, 0.1) is 41.7 Å². The first kappa shape index (κ1) is 20.5. The summed E-state index contributed by atoms with van der Waals surface area (Å²) in [7, 11) is 3.17. The van der Waals surface area contributed by atoms with Gasteiger partial charge in [-0.15, -0.1) is 0 Å². The molecule has 1 aromatic carbocycles. The van der Waals surface area contributed by atoms with Gasteiger partial charge in [0, 0.05) is 38.7 Å². The van der Waals surface area contributed by atoms with E-state index in [9.17, 15) is 4.79 Å². The predicted molar refractivity (Wildman–Crippen MR) is 110 cm³/mol. The molecule has 0 bridgehead atoms. The average Bonchev–Trinajstić information content (AvgIpc) is 3.24. The van der Waals surface area contributed by atoms with E-state index in [-0.39, 0.29) is 24.2 Å². The Morgan fingerprint density at radius 2 is 2.04 bits per heavy atom. The number of hydrogen-bond acceptors (Lipinski definition) is 5. The molecule has 1 aliphatic rings. The second kappa shape index (κ2) is 8.86. The molecule has 3 N–H and O–H groups in total. The lowest BCUT2D eigenvalue weighted by atomic mass is 10.00. The lowest BCUT2D eigenvalue weighted by Gasteiger charge is -2.41. The highest BCUT2D eigenvalue weighted by Crippen LogP contribution is 2.29. The van der Waals surface area contributed by atoms with Crippen LogP contribution in [-0.4, -0.2) is 54.8 Å². The van der Waals surface area contributed by atoms with E-state index < -0.39 is 0 Å². The summed E-state index contributed by atoms with van der Waals surface area (Å²) in [4.78, 5) is 15.2. The third kappa shape index (κ3) is 4.27. The van der Waals surface area contributed by atoms with Crippen LogP contribution in [0.4, 0.5) is 5.69 Å². The number of amides is 1. The lowest BCUT2D eigenvalue weighted by molar-refractivity contribution is -0.0167. The van der Waals surface area contributed by atoms with Crippen LogP contribution < -0.4 is 15.8 Å². The molecule has 3 unspecified atom stereocenters. The van der Waals surface area contributed by atoms with Crippen molar-refractivity contribution in [2.75, 3.05) is 33.0 Å². The van der Waals surface area contributed by atoms with Crippen molar-refractivity contribution in [1.82, 2.24) is 14.8 Å². The number of carbonyl (C=O) groups is 1. The van der Waals surface area contributed by atoms with Crippen LogP contribution in [0, 0.1) is 0 Å². The summed E-state index contributed by atoms with van der Waals surface area (Å²) in [5, 5.41) is 3.40.